The molecule has 1 heterocycles. The molecule has 2 rings (SSSR count). The number of hydrogen-bond donors (Lipinski definition) is 2. The summed E-state index contributed by atoms with van der Waals surface area (Å²) in [5.41, 5.74) is 0.893. The molecule has 0 aliphatic heterocycles. The van der Waals surface area contributed by atoms with Crippen molar-refractivity contribution >= 4 is 17.8 Å². The molecule has 144 valence electrons. The summed E-state index contributed by atoms with van der Waals surface area (Å²) in [6.45, 7) is 2.94. The number of carbonyl (C=O) groups excluding carboxylic acids is 3. The molecule has 27 heavy (non-hydrogen) atoms. The van der Waals surface area contributed by atoms with Crippen molar-refractivity contribution in [2.45, 2.75) is 32.4 Å². The maximum atomic E-state index is 12.4. The molecule has 2 amide bonds. The first-order chi connectivity index (χ1) is 13.0. The lowest BCUT2D eigenvalue weighted by Gasteiger charge is -2.15. The van der Waals surface area contributed by atoms with Gasteiger partial charge in [0.2, 0.25) is 5.91 Å². The van der Waals surface area contributed by atoms with Gasteiger partial charge in [0.25, 0.3) is 5.91 Å². The van der Waals surface area contributed by atoms with Crippen LogP contribution >= 0.6 is 0 Å². The summed E-state index contributed by atoms with van der Waals surface area (Å²) in [6.07, 6.45) is 1.62. The minimum Gasteiger partial charge on any atom is -0.454 e. The molecule has 10 nitrogen and oxygen atoms in total. The third kappa shape index (κ3) is 6.84. The number of rotatable bonds is 9. The van der Waals surface area contributed by atoms with E-state index in [1.165, 1.54) is 11.0 Å². The van der Waals surface area contributed by atoms with Gasteiger partial charge in [-0.05, 0) is 29.8 Å². The molecule has 0 spiro atoms. The second kappa shape index (κ2) is 10.00. The van der Waals surface area contributed by atoms with Gasteiger partial charge in [-0.25, -0.2) is 9.48 Å². The van der Waals surface area contributed by atoms with Gasteiger partial charge in [-0.2, -0.15) is 0 Å². The Morgan fingerprint density at radius 2 is 1.89 bits per heavy atom. The van der Waals surface area contributed by atoms with Crippen LogP contribution in [0, 0.1) is 0 Å². The van der Waals surface area contributed by atoms with Crippen molar-refractivity contribution in [1.29, 1.82) is 0 Å². The average Bonchev–Trinajstić information content (AvgIpc) is 3.17. The van der Waals surface area contributed by atoms with E-state index in [-0.39, 0.29) is 18.5 Å². The van der Waals surface area contributed by atoms with Gasteiger partial charge < -0.3 is 15.4 Å². The summed E-state index contributed by atoms with van der Waals surface area (Å²) in [7, 11) is 0. The Morgan fingerprint density at radius 1 is 1.15 bits per heavy atom. The normalized spacial score (nSPS) is 11.7. The van der Waals surface area contributed by atoms with Crippen LogP contribution in [0.1, 0.15) is 25.5 Å². The standard InChI is InChI=1S/C17H22N6O4/c1-12(2)20-15(24)9-18-16(25)10-27-17(26)14(23-11-19-21-22-23)8-13-6-4-3-5-7-13/h3-7,11-12,14H,8-10H2,1-2H3,(H,18,25)(H,20,24)/t14-/m0/s1. The van der Waals surface area contributed by atoms with Crippen LogP contribution in [0.15, 0.2) is 36.7 Å². The third-order valence-electron chi connectivity index (χ3n) is 3.47. The van der Waals surface area contributed by atoms with Crippen LogP contribution < -0.4 is 10.6 Å². The highest BCUT2D eigenvalue weighted by Crippen LogP contribution is 2.14. The number of nitrogens with one attached hydrogen (secondary N) is 2. The fraction of sp³-hybridized carbons (Fsp3) is 0.412. The number of carbonyl (C=O) groups is 3. The van der Waals surface area contributed by atoms with Crippen LogP contribution in [-0.2, 0) is 25.5 Å². The topological polar surface area (TPSA) is 128 Å². The van der Waals surface area contributed by atoms with E-state index in [0.29, 0.717) is 6.42 Å². The van der Waals surface area contributed by atoms with Gasteiger partial charge in [-0.3, -0.25) is 9.59 Å². The van der Waals surface area contributed by atoms with Crippen molar-refractivity contribution in [3.63, 3.8) is 0 Å². The van der Waals surface area contributed by atoms with Crippen molar-refractivity contribution in [1.82, 2.24) is 30.8 Å². The molecule has 0 radical (unpaired) electrons. The highest BCUT2D eigenvalue weighted by molar-refractivity contribution is 5.86. The van der Waals surface area contributed by atoms with Crippen molar-refractivity contribution < 1.29 is 19.1 Å². The van der Waals surface area contributed by atoms with Gasteiger partial charge in [0.05, 0.1) is 6.54 Å². The van der Waals surface area contributed by atoms with E-state index in [1.807, 2.05) is 44.2 Å². The minimum atomic E-state index is -0.806. The Hall–Kier alpha value is -3.30. The lowest BCUT2D eigenvalue weighted by molar-refractivity contribution is -0.152. The zero-order chi connectivity index (χ0) is 19.6. The molecule has 1 atom stereocenters. The van der Waals surface area contributed by atoms with Crippen LogP contribution in [0.25, 0.3) is 0 Å². The number of nitrogens with zero attached hydrogens (tertiary/aromatic N) is 4. The minimum absolute atomic E-state index is 0.0257. The number of amides is 2. The zero-order valence-electron chi connectivity index (χ0n) is 15.2. The molecule has 0 aliphatic rings. The monoisotopic (exact) mass is 374 g/mol. The quantitative estimate of drug-likeness (QED) is 0.574. The van der Waals surface area contributed by atoms with Gasteiger partial charge in [0.1, 0.15) is 6.33 Å². The number of tetrazole rings is 1. The highest BCUT2D eigenvalue weighted by Gasteiger charge is 2.24. The summed E-state index contributed by atoms with van der Waals surface area (Å²) in [5.74, 6) is -1.54. The number of benzene rings is 1. The smallest absolute Gasteiger partial charge is 0.331 e. The molecule has 2 N–H and O–H groups in total. The van der Waals surface area contributed by atoms with Crippen LogP contribution in [0.4, 0.5) is 0 Å². The second-order valence-electron chi connectivity index (χ2n) is 6.10. The fourth-order valence-electron chi connectivity index (χ4n) is 2.27. The van der Waals surface area contributed by atoms with E-state index in [2.05, 4.69) is 26.2 Å². The summed E-state index contributed by atoms with van der Waals surface area (Å²) >= 11 is 0. The van der Waals surface area contributed by atoms with Crippen molar-refractivity contribution in [3.8, 4) is 0 Å². The van der Waals surface area contributed by atoms with E-state index in [9.17, 15) is 14.4 Å². The largest absolute Gasteiger partial charge is 0.454 e. The molecular formula is C17H22N6O4. The Bertz CT molecular complexity index is 748. The summed E-state index contributed by atoms with van der Waals surface area (Å²) in [6, 6.07) is 8.48. The van der Waals surface area contributed by atoms with Crippen LogP contribution in [0.3, 0.4) is 0 Å². The Labute approximate surface area is 156 Å². The van der Waals surface area contributed by atoms with E-state index in [0.717, 1.165) is 5.56 Å². The van der Waals surface area contributed by atoms with Crippen molar-refractivity contribution in [2.24, 2.45) is 0 Å². The average molecular weight is 374 g/mol. The molecule has 0 aliphatic carbocycles. The molecular weight excluding hydrogens is 352 g/mol. The molecule has 0 saturated heterocycles. The molecule has 1 aromatic carbocycles. The molecule has 0 unspecified atom stereocenters. The predicted octanol–water partition coefficient (Wildman–Crippen LogP) is -0.359. The Balaban J connectivity index is 1.88. The Kier molecular flexibility index (Phi) is 7.41. The van der Waals surface area contributed by atoms with Gasteiger partial charge >= 0.3 is 5.97 Å². The first-order valence-electron chi connectivity index (χ1n) is 8.44. The fourth-order valence-corrected chi connectivity index (χ4v) is 2.27. The molecule has 0 bridgehead atoms. The van der Waals surface area contributed by atoms with Crippen LogP contribution in [-0.4, -0.2) is 57.2 Å². The molecule has 0 fully saturated rings. The third-order valence-corrected chi connectivity index (χ3v) is 3.47. The number of aromatic nitrogens is 4. The van der Waals surface area contributed by atoms with Gasteiger partial charge in [0, 0.05) is 12.5 Å². The number of esters is 1. The maximum absolute atomic E-state index is 12.4. The van der Waals surface area contributed by atoms with E-state index in [4.69, 9.17) is 4.74 Å². The SMILES string of the molecule is CC(C)NC(=O)CNC(=O)COC(=O)[C@H](Cc1ccccc1)n1cnnn1. The molecule has 2 aromatic rings. The second-order valence-corrected chi connectivity index (χ2v) is 6.10. The molecule has 10 heteroatoms. The van der Waals surface area contributed by atoms with Gasteiger partial charge in [-0.1, -0.05) is 30.3 Å². The number of hydrogen-bond acceptors (Lipinski definition) is 7. The lowest BCUT2D eigenvalue weighted by Crippen LogP contribution is -2.41. The summed E-state index contributed by atoms with van der Waals surface area (Å²) in [5, 5.41) is 15.9. The number of ether oxygens (including phenoxy) is 1. The summed E-state index contributed by atoms with van der Waals surface area (Å²) < 4.78 is 6.36. The molecule has 1 aromatic heterocycles. The highest BCUT2D eigenvalue weighted by atomic mass is 16.5. The van der Waals surface area contributed by atoms with E-state index in [1.54, 1.807) is 0 Å². The Morgan fingerprint density at radius 3 is 2.52 bits per heavy atom. The van der Waals surface area contributed by atoms with Crippen LogP contribution in [0.5, 0.6) is 0 Å². The lowest BCUT2D eigenvalue weighted by atomic mass is 10.1. The van der Waals surface area contributed by atoms with Crippen molar-refractivity contribution in [3.05, 3.63) is 42.2 Å². The van der Waals surface area contributed by atoms with E-state index < -0.39 is 24.5 Å². The van der Waals surface area contributed by atoms with E-state index >= 15 is 0 Å². The first-order valence-corrected chi connectivity index (χ1v) is 8.44. The zero-order valence-corrected chi connectivity index (χ0v) is 15.2. The first kappa shape index (κ1) is 20.0. The van der Waals surface area contributed by atoms with Gasteiger partial charge in [-0.15, -0.1) is 5.10 Å². The maximum Gasteiger partial charge on any atom is 0.331 e. The van der Waals surface area contributed by atoms with Gasteiger partial charge in [0.15, 0.2) is 12.6 Å². The predicted molar refractivity (Wildman–Crippen MR) is 94.2 cm³/mol. The molecule has 0 saturated carbocycles. The summed E-state index contributed by atoms with van der Waals surface area (Å²) in [4.78, 5) is 35.7. The van der Waals surface area contributed by atoms with Crippen LogP contribution in [0.2, 0.25) is 0 Å². The van der Waals surface area contributed by atoms with Crippen molar-refractivity contribution in [2.75, 3.05) is 13.2 Å².